The highest BCUT2D eigenvalue weighted by Gasteiger charge is 2.11. The Kier molecular flexibility index (Phi) is 5.03. The summed E-state index contributed by atoms with van der Waals surface area (Å²) in [4.78, 5) is 3.98. The molecule has 2 rings (SSSR count). The van der Waals surface area contributed by atoms with E-state index in [0.29, 0.717) is 12.4 Å². The summed E-state index contributed by atoms with van der Waals surface area (Å²) in [5.74, 6) is 0.416. The zero-order chi connectivity index (χ0) is 13.5. The van der Waals surface area contributed by atoms with E-state index >= 15 is 0 Å². The normalized spacial score (nSPS) is 12.5. The van der Waals surface area contributed by atoms with Crippen LogP contribution in [0.2, 0.25) is 0 Å². The molecule has 0 bridgehead atoms. The van der Waals surface area contributed by atoms with Gasteiger partial charge in [-0.3, -0.25) is 0 Å². The Hall–Kier alpha value is -1.75. The maximum atomic E-state index is 13.0. The monoisotopic (exact) mass is 263 g/mol. The number of nitrogens with one attached hydrogen (secondary N) is 1. The van der Waals surface area contributed by atoms with E-state index in [4.69, 9.17) is 4.52 Å². The van der Waals surface area contributed by atoms with Gasteiger partial charge in [0, 0.05) is 6.04 Å². The van der Waals surface area contributed by atoms with Gasteiger partial charge in [0.1, 0.15) is 5.82 Å². The zero-order valence-electron chi connectivity index (χ0n) is 11.0. The molecule has 0 aliphatic rings. The smallest absolute Gasteiger partial charge is 0.213 e. The molecule has 1 aromatic carbocycles. The molecule has 2 aromatic rings. The summed E-state index contributed by atoms with van der Waals surface area (Å²) in [6, 6.07) is 6.80. The zero-order valence-corrected chi connectivity index (χ0v) is 11.0. The van der Waals surface area contributed by atoms with Crippen LogP contribution in [-0.4, -0.2) is 10.1 Å². The minimum absolute atomic E-state index is 0.180. The van der Waals surface area contributed by atoms with Gasteiger partial charge in [-0.05, 0) is 24.1 Å². The topological polar surface area (TPSA) is 51.0 Å². The first-order valence-corrected chi connectivity index (χ1v) is 6.53. The third kappa shape index (κ3) is 4.13. The van der Waals surface area contributed by atoms with Gasteiger partial charge in [-0.25, -0.2) is 4.39 Å². The molecule has 1 unspecified atom stereocenters. The lowest BCUT2D eigenvalue weighted by molar-refractivity contribution is 0.401. The Morgan fingerprint density at radius 1 is 1.32 bits per heavy atom. The fourth-order valence-corrected chi connectivity index (χ4v) is 1.97. The van der Waals surface area contributed by atoms with E-state index in [1.54, 1.807) is 0 Å². The second-order valence-corrected chi connectivity index (χ2v) is 4.47. The van der Waals surface area contributed by atoms with Crippen LogP contribution in [0.1, 0.15) is 43.6 Å². The average Bonchev–Trinajstić information content (AvgIpc) is 2.93. The Labute approximate surface area is 112 Å². The average molecular weight is 263 g/mol. The van der Waals surface area contributed by atoms with Gasteiger partial charge in [0.25, 0.3) is 0 Å². The molecule has 1 atom stereocenters. The van der Waals surface area contributed by atoms with Crippen molar-refractivity contribution in [2.45, 2.75) is 38.8 Å². The summed E-state index contributed by atoms with van der Waals surface area (Å²) in [5, 5.41) is 7.15. The number of benzene rings is 1. The van der Waals surface area contributed by atoms with Gasteiger partial charge in [0.05, 0.1) is 6.54 Å². The van der Waals surface area contributed by atoms with Gasteiger partial charge >= 0.3 is 0 Å². The molecule has 4 nitrogen and oxygen atoms in total. The second kappa shape index (κ2) is 6.99. The predicted molar refractivity (Wildman–Crippen MR) is 69.8 cm³/mol. The SMILES string of the molecule is CCCCC(NCc1ncon1)c1ccc(F)cc1. The number of halogens is 1. The van der Waals surface area contributed by atoms with Crippen molar-refractivity contribution in [3.8, 4) is 0 Å². The number of unbranched alkanes of at least 4 members (excludes halogenated alkanes) is 1. The summed E-state index contributed by atoms with van der Waals surface area (Å²) in [6.07, 6.45) is 4.55. The number of nitrogens with zero attached hydrogens (tertiary/aromatic N) is 2. The minimum atomic E-state index is -0.212. The van der Waals surface area contributed by atoms with Gasteiger partial charge in [-0.2, -0.15) is 4.98 Å². The number of aromatic nitrogens is 2. The molecular weight excluding hydrogens is 245 g/mol. The van der Waals surface area contributed by atoms with Crippen LogP contribution in [-0.2, 0) is 6.54 Å². The third-order valence-corrected chi connectivity index (χ3v) is 3.03. The second-order valence-electron chi connectivity index (χ2n) is 4.47. The van der Waals surface area contributed by atoms with Crippen molar-refractivity contribution in [3.05, 3.63) is 47.9 Å². The van der Waals surface area contributed by atoms with Crippen molar-refractivity contribution in [1.82, 2.24) is 15.5 Å². The van der Waals surface area contributed by atoms with Crippen molar-refractivity contribution in [1.29, 1.82) is 0 Å². The van der Waals surface area contributed by atoms with Crippen LogP contribution in [0.25, 0.3) is 0 Å². The fourth-order valence-electron chi connectivity index (χ4n) is 1.97. The first-order valence-electron chi connectivity index (χ1n) is 6.53. The number of hydrogen-bond donors (Lipinski definition) is 1. The lowest BCUT2D eigenvalue weighted by atomic mass is 10.0. The van der Waals surface area contributed by atoms with Crippen LogP contribution in [0, 0.1) is 5.82 Å². The molecule has 5 heteroatoms. The van der Waals surface area contributed by atoms with Crippen LogP contribution in [0.15, 0.2) is 35.2 Å². The van der Waals surface area contributed by atoms with Crippen molar-refractivity contribution in [2.75, 3.05) is 0 Å². The highest BCUT2D eigenvalue weighted by molar-refractivity contribution is 5.19. The summed E-state index contributed by atoms with van der Waals surface area (Å²) >= 11 is 0. The quantitative estimate of drug-likeness (QED) is 0.833. The van der Waals surface area contributed by atoms with Crippen molar-refractivity contribution in [3.63, 3.8) is 0 Å². The fraction of sp³-hybridized carbons (Fsp3) is 0.429. The molecule has 102 valence electrons. The van der Waals surface area contributed by atoms with Crippen molar-refractivity contribution in [2.24, 2.45) is 0 Å². The number of hydrogen-bond acceptors (Lipinski definition) is 4. The van der Waals surface area contributed by atoms with Gasteiger partial charge < -0.3 is 9.84 Å². The molecule has 0 spiro atoms. The van der Waals surface area contributed by atoms with Gasteiger partial charge in [0.15, 0.2) is 5.82 Å². The molecule has 1 heterocycles. The molecule has 0 aliphatic heterocycles. The van der Waals surface area contributed by atoms with E-state index in [9.17, 15) is 4.39 Å². The van der Waals surface area contributed by atoms with Gasteiger partial charge in [0.2, 0.25) is 6.39 Å². The number of rotatable bonds is 7. The van der Waals surface area contributed by atoms with Crippen molar-refractivity contribution < 1.29 is 8.91 Å². The largest absolute Gasteiger partial charge is 0.343 e. The highest BCUT2D eigenvalue weighted by atomic mass is 19.1. The molecule has 19 heavy (non-hydrogen) atoms. The maximum Gasteiger partial charge on any atom is 0.213 e. The molecule has 0 saturated carbocycles. The van der Waals surface area contributed by atoms with Gasteiger partial charge in [-0.15, -0.1) is 0 Å². The summed E-state index contributed by atoms with van der Waals surface area (Å²) in [7, 11) is 0. The van der Waals surface area contributed by atoms with E-state index in [1.165, 1.54) is 18.5 Å². The molecule has 0 fully saturated rings. The summed E-state index contributed by atoms with van der Waals surface area (Å²) < 4.78 is 17.7. The lowest BCUT2D eigenvalue weighted by Crippen LogP contribution is -2.21. The molecule has 0 aliphatic carbocycles. The molecule has 0 saturated heterocycles. The Bertz CT molecular complexity index is 470. The van der Waals surface area contributed by atoms with E-state index in [1.807, 2.05) is 12.1 Å². The maximum absolute atomic E-state index is 13.0. The molecular formula is C14H18FN3O. The molecule has 0 radical (unpaired) electrons. The van der Waals surface area contributed by atoms with Crippen molar-refractivity contribution >= 4 is 0 Å². The molecule has 1 aromatic heterocycles. The lowest BCUT2D eigenvalue weighted by Gasteiger charge is -2.18. The van der Waals surface area contributed by atoms with E-state index in [-0.39, 0.29) is 11.9 Å². The summed E-state index contributed by atoms with van der Waals surface area (Å²) in [6.45, 7) is 2.70. The Morgan fingerprint density at radius 3 is 2.74 bits per heavy atom. The van der Waals surface area contributed by atoms with Crippen LogP contribution >= 0.6 is 0 Å². The van der Waals surface area contributed by atoms with Gasteiger partial charge in [-0.1, -0.05) is 37.1 Å². The van der Waals surface area contributed by atoms with E-state index < -0.39 is 0 Å². The molecule has 1 N–H and O–H groups in total. The molecule has 0 amide bonds. The Morgan fingerprint density at radius 2 is 2.11 bits per heavy atom. The first-order chi connectivity index (χ1) is 9.29. The highest BCUT2D eigenvalue weighted by Crippen LogP contribution is 2.20. The Balaban J connectivity index is 2.00. The standard InChI is InChI=1S/C14H18FN3O/c1-2-3-4-13(11-5-7-12(15)8-6-11)16-9-14-17-10-19-18-14/h5-8,10,13,16H,2-4,9H2,1H3. The van der Waals surface area contributed by atoms with E-state index in [2.05, 4.69) is 22.4 Å². The summed E-state index contributed by atoms with van der Waals surface area (Å²) in [5.41, 5.74) is 1.08. The van der Waals surface area contributed by atoms with Crippen LogP contribution in [0.3, 0.4) is 0 Å². The first kappa shape index (κ1) is 13.7. The van der Waals surface area contributed by atoms with Crippen LogP contribution < -0.4 is 5.32 Å². The van der Waals surface area contributed by atoms with Crippen LogP contribution in [0.5, 0.6) is 0 Å². The predicted octanol–water partition coefficient (Wildman–Crippen LogP) is 3.23. The van der Waals surface area contributed by atoms with E-state index in [0.717, 1.165) is 24.8 Å². The minimum Gasteiger partial charge on any atom is -0.343 e. The third-order valence-electron chi connectivity index (χ3n) is 3.03. The van der Waals surface area contributed by atoms with Crippen LogP contribution in [0.4, 0.5) is 4.39 Å².